The van der Waals surface area contributed by atoms with E-state index in [-0.39, 0.29) is 21.8 Å². The van der Waals surface area contributed by atoms with Gasteiger partial charge in [0.1, 0.15) is 5.82 Å². The van der Waals surface area contributed by atoms with Gasteiger partial charge in [0, 0.05) is 25.3 Å². The summed E-state index contributed by atoms with van der Waals surface area (Å²) in [4.78, 5) is 5.80. The lowest BCUT2D eigenvalue weighted by Gasteiger charge is -2.33. The molecular formula is C17H17ClF3N3O2S. The van der Waals surface area contributed by atoms with Crippen molar-refractivity contribution in [3.63, 3.8) is 0 Å². The van der Waals surface area contributed by atoms with Crippen LogP contribution in [0.3, 0.4) is 0 Å². The average Bonchev–Trinajstić information content (AvgIpc) is 2.62. The number of benzene rings is 1. The summed E-state index contributed by atoms with van der Waals surface area (Å²) in [5, 5.41) is -0.0758. The van der Waals surface area contributed by atoms with Crippen LogP contribution in [-0.4, -0.2) is 32.5 Å². The fraction of sp³-hybridized carbons (Fsp3) is 0.353. The van der Waals surface area contributed by atoms with Crippen molar-refractivity contribution in [3.8, 4) is 0 Å². The van der Waals surface area contributed by atoms with E-state index >= 15 is 0 Å². The Kier molecular flexibility index (Phi) is 5.64. The Balaban J connectivity index is 1.64. The normalized spacial score (nSPS) is 16.5. The zero-order valence-corrected chi connectivity index (χ0v) is 15.7. The third-order valence-electron chi connectivity index (χ3n) is 4.32. The van der Waals surface area contributed by atoms with Crippen LogP contribution in [0, 0.1) is 0 Å². The zero-order valence-electron chi connectivity index (χ0n) is 14.1. The lowest BCUT2D eigenvalue weighted by atomic mass is 10.1. The molecule has 0 saturated carbocycles. The second-order valence-corrected chi connectivity index (χ2v) is 8.34. The fourth-order valence-corrected chi connectivity index (χ4v) is 4.53. The highest BCUT2D eigenvalue weighted by Crippen LogP contribution is 2.34. The number of aromatic nitrogens is 1. The lowest BCUT2D eigenvalue weighted by Crippen LogP contribution is -2.45. The Hall–Kier alpha value is -1.84. The molecule has 0 aliphatic carbocycles. The average molecular weight is 420 g/mol. The van der Waals surface area contributed by atoms with Gasteiger partial charge >= 0.3 is 6.18 Å². The van der Waals surface area contributed by atoms with E-state index in [9.17, 15) is 21.6 Å². The maximum Gasteiger partial charge on any atom is 0.417 e. The van der Waals surface area contributed by atoms with Crippen molar-refractivity contribution in [1.29, 1.82) is 0 Å². The molecule has 0 bridgehead atoms. The molecule has 1 aromatic heterocycles. The number of alkyl halides is 3. The Morgan fingerprint density at radius 2 is 1.78 bits per heavy atom. The molecule has 3 rings (SSSR count). The second-order valence-electron chi connectivity index (χ2n) is 6.22. The minimum atomic E-state index is -4.50. The summed E-state index contributed by atoms with van der Waals surface area (Å²) < 4.78 is 65.6. The van der Waals surface area contributed by atoms with Crippen LogP contribution in [-0.2, 0) is 16.2 Å². The fourth-order valence-electron chi connectivity index (χ4n) is 2.91. The first-order chi connectivity index (χ1) is 12.7. The number of rotatable bonds is 4. The van der Waals surface area contributed by atoms with Gasteiger partial charge in [0.15, 0.2) is 0 Å². The monoisotopic (exact) mass is 419 g/mol. The van der Waals surface area contributed by atoms with Crippen LogP contribution in [0.1, 0.15) is 18.4 Å². The van der Waals surface area contributed by atoms with Crippen LogP contribution < -0.4 is 9.62 Å². The number of halogens is 4. The van der Waals surface area contributed by atoms with Gasteiger partial charge in [-0.1, -0.05) is 29.8 Å². The minimum Gasteiger partial charge on any atom is -0.355 e. The topological polar surface area (TPSA) is 62.3 Å². The molecule has 146 valence electrons. The molecule has 5 nitrogen and oxygen atoms in total. The van der Waals surface area contributed by atoms with Gasteiger partial charge in [-0.15, -0.1) is 0 Å². The van der Waals surface area contributed by atoms with Crippen LogP contribution >= 0.6 is 11.6 Å². The molecule has 2 aromatic rings. The Morgan fingerprint density at radius 1 is 1.15 bits per heavy atom. The molecule has 1 aromatic carbocycles. The maximum absolute atomic E-state index is 12.7. The molecule has 10 heteroatoms. The number of anilines is 1. The largest absolute Gasteiger partial charge is 0.417 e. The van der Waals surface area contributed by atoms with Gasteiger partial charge in [-0.3, -0.25) is 0 Å². The molecule has 0 amide bonds. The summed E-state index contributed by atoms with van der Waals surface area (Å²) >= 11 is 5.98. The van der Waals surface area contributed by atoms with E-state index in [1.54, 1.807) is 23.1 Å². The molecule has 1 N–H and O–H groups in total. The molecule has 2 heterocycles. The van der Waals surface area contributed by atoms with Gasteiger partial charge in [0.2, 0.25) is 10.0 Å². The molecule has 1 aliphatic rings. The van der Waals surface area contributed by atoms with Crippen molar-refractivity contribution >= 4 is 27.4 Å². The number of hydrogen-bond acceptors (Lipinski definition) is 4. The number of pyridine rings is 1. The molecule has 1 aliphatic heterocycles. The Labute approximate surface area is 160 Å². The predicted molar refractivity (Wildman–Crippen MR) is 96.2 cm³/mol. The molecule has 27 heavy (non-hydrogen) atoms. The molecule has 1 fully saturated rings. The predicted octanol–water partition coefficient (Wildman–Crippen LogP) is 3.70. The summed E-state index contributed by atoms with van der Waals surface area (Å²) in [5.41, 5.74) is -0.901. The Morgan fingerprint density at radius 3 is 2.33 bits per heavy atom. The first kappa shape index (κ1) is 19.9. The summed E-state index contributed by atoms with van der Waals surface area (Å²) in [6.45, 7) is 0.861. The highest BCUT2D eigenvalue weighted by molar-refractivity contribution is 7.89. The van der Waals surface area contributed by atoms with Gasteiger partial charge < -0.3 is 4.90 Å². The summed E-state index contributed by atoms with van der Waals surface area (Å²) in [6, 6.07) is 8.66. The van der Waals surface area contributed by atoms with E-state index < -0.39 is 21.8 Å². The van der Waals surface area contributed by atoms with Gasteiger partial charge in [-0.2, -0.15) is 13.2 Å². The van der Waals surface area contributed by atoms with Gasteiger partial charge in [0.25, 0.3) is 0 Å². The van der Waals surface area contributed by atoms with Gasteiger partial charge in [-0.05, 0) is 31.0 Å². The van der Waals surface area contributed by atoms with E-state index in [2.05, 4.69) is 9.71 Å². The van der Waals surface area contributed by atoms with Crippen LogP contribution in [0.5, 0.6) is 0 Å². The SMILES string of the molecule is O=S(=O)(NC1CCN(c2ncc(C(F)(F)F)cc2Cl)CC1)c1ccccc1. The van der Waals surface area contributed by atoms with E-state index in [0.29, 0.717) is 25.9 Å². The van der Waals surface area contributed by atoms with Gasteiger partial charge in [0.05, 0.1) is 15.5 Å². The lowest BCUT2D eigenvalue weighted by molar-refractivity contribution is -0.137. The first-order valence-corrected chi connectivity index (χ1v) is 10.1. The number of nitrogens with zero attached hydrogens (tertiary/aromatic N) is 2. The van der Waals surface area contributed by atoms with E-state index in [1.165, 1.54) is 12.1 Å². The first-order valence-electron chi connectivity index (χ1n) is 8.22. The van der Waals surface area contributed by atoms with Crippen molar-refractivity contribution in [3.05, 3.63) is 53.2 Å². The zero-order chi connectivity index (χ0) is 19.7. The van der Waals surface area contributed by atoms with E-state index in [1.807, 2.05) is 0 Å². The highest BCUT2D eigenvalue weighted by atomic mass is 35.5. The third kappa shape index (κ3) is 4.72. The highest BCUT2D eigenvalue weighted by Gasteiger charge is 2.32. The molecular weight excluding hydrogens is 403 g/mol. The smallest absolute Gasteiger partial charge is 0.355 e. The van der Waals surface area contributed by atoms with E-state index in [0.717, 1.165) is 12.3 Å². The van der Waals surface area contributed by atoms with Crippen LogP contribution in [0.25, 0.3) is 0 Å². The minimum absolute atomic E-state index is 0.0758. The number of piperidine rings is 1. The van der Waals surface area contributed by atoms with Crippen LogP contribution in [0.15, 0.2) is 47.5 Å². The number of nitrogens with one attached hydrogen (secondary N) is 1. The molecule has 0 atom stereocenters. The second kappa shape index (κ2) is 7.65. The van der Waals surface area contributed by atoms with Crippen LogP contribution in [0.4, 0.5) is 19.0 Å². The molecule has 0 spiro atoms. The van der Waals surface area contributed by atoms with Crippen molar-refractivity contribution in [2.24, 2.45) is 0 Å². The number of hydrogen-bond donors (Lipinski definition) is 1. The van der Waals surface area contributed by atoms with Crippen molar-refractivity contribution < 1.29 is 21.6 Å². The summed E-state index contributed by atoms with van der Waals surface area (Å²) in [5.74, 6) is 0.272. The quantitative estimate of drug-likeness (QED) is 0.820. The van der Waals surface area contributed by atoms with Crippen molar-refractivity contribution in [1.82, 2.24) is 9.71 Å². The summed E-state index contributed by atoms with van der Waals surface area (Å²) in [6.07, 6.45) is -2.76. The van der Waals surface area contributed by atoms with Crippen LogP contribution in [0.2, 0.25) is 5.02 Å². The Bertz CT molecular complexity index is 899. The van der Waals surface area contributed by atoms with Gasteiger partial charge in [-0.25, -0.2) is 18.1 Å². The van der Waals surface area contributed by atoms with Crippen molar-refractivity contribution in [2.45, 2.75) is 30.0 Å². The molecule has 1 saturated heterocycles. The summed E-state index contributed by atoms with van der Waals surface area (Å²) in [7, 11) is -3.61. The third-order valence-corrected chi connectivity index (χ3v) is 6.13. The standard InChI is InChI=1S/C17H17ClF3N3O2S/c18-15-10-12(17(19,20)21)11-22-16(15)24-8-6-13(7-9-24)23-27(25,26)14-4-2-1-3-5-14/h1-5,10-11,13,23H,6-9H2. The van der Waals surface area contributed by atoms with Crippen molar-refractivity contribution in [2.75, 3.05) is 18.0 Å². The molecule has 0 unspecified atom stereocenters. The van der Waals surface area contributed by atoms with E-state index in [4.69, 9.17) is 11.6 Å². The maximum atomic E-state index is 12.7. The molecule has 0 radical (unpaired) electrons. The number of sulfonamides is 1.